The average molecular weight is 627 g/mol. The number of hydrogen-bond acceptors (Lipinski definition) is 5. The van der Waals surface area contributed by atoms with Crippen LogP contribution in [-0.2, 0) is 13.1 Å². The zero-order valence-electron chi connectivity index (χ0n) is 21.2. The van der Waals surface area contributed by atoms with E-state index in [0.29, 0.717) is 13.1 Å². The summed E-state index contributed by atoms with van der Waals surface area (Å²) in [5.74, 6) is 3.27. The minimum atomic E-state index is 0. The molecule has 0 bridgehead atoms. The van der Waals surface area contributed by atoms with Crippen molar-refractivity contribution in [1.29, 1.82) is 0 Å². The number of hydrogen-bond donors (Lipinski definition) is 0. The number of thioether (sulfide) groups is 1. The van der Waals surface area contributed by atoms with E-state index < -0.39 is 0 Å². The number of para-hydroxylation sites is 1. The van der Waals surface area contributed by atoms with Gasteiger partial charge in [-0.25, -0.2) is 4.99 Å². The molecule has 0 saturated carbocycles. The number of halogens is 1. The van der Waals surface area contributed by atoms with Crippen LogP contribution in [0.5, 0.6) is 23.0 Å². The molecule has 0 aromatic heterocycles. The van der Waals surface area contributed by atoms with E-state index in [1.165, 1.54) is 11.1 Å². The molecular formula is C30H31IN2O3S. The number of benzene rings is 4. The lowest BCUT2D eigenvalue weighted by Crippen LogP contribution is -2.27. The van der Waals surface area contributed by atoms with Crippen LogP contribution in [0.15, 0.2) is 108 Å². The van der Waals surface area contributed by atoms with E-state index in [0.717, 1.165) is 33.9 Å². The molecule has 5 nitrogen and oxygen atoms in total. The predicted octanol–water partition coefficient (Wildman–Crippen LogP) is 8.17. The van der Waals surface area contributed by atoms with Crippen LogP contribution >= 0.6 is 35.7 Å². The third kappa shape index (κ3) is 8.43. The molecule has 0 atom stereocenters. The van der Waals surface area contributed by atoms with Gasteiger partial charge in [-0.15, -0.1) is 24.0 Å². The first-order valence-electron chi connectivity index (χ1n) is 11.6. The fourth-order valence-electron chi connectivity index (χ4n) is 3.66. The Bertz CT molecular complexity index is 1200. The summed E-state index contributed by atoms with van der Waals surface area (Å²) >= 11 is 1.63. The van der Waals surface area contributed by atoms with Crippen molar-refractivity contribution >= 4 is 46.6 Å². The molecule has 0 spiro atoms. The van der Waals surface area contributed by atoms with Crippen LogP contribution in [0, 0.1) is 0 Å². The maximum Gasteiger partial charge on any atom is 0.164 e. The zero-order chi connectivity index (χ0) is 25.2. The minimum absolute atomic E-state index is 0. The predicted molar refractivity (Wildman–Crippen MR) is 164 cm³/mol. The Hall–Kier alpha value is -3.17. The van der Waals surface area contributed by atoms with E-state index >= 15 is 0 Å². The molecule has 7 heteroatoms. The number of ether oxygens (including phenoxy) is 3. The van der Waals surface area contributed by atoms with Crippen molar-refractivity contribution in [3.05, 3.63) is 114 Å². The Morgan fingerprint density at radius 1 is 0.649 bits per heavy atom. The number of methoxy groups -OCH3 is 2. The van der Waals surface area contributed by atoms with Crippen molar-refractivity contribution in [3.8, 4) is 23.0 Å². The summed E-state index contributed by atoms with van der Waals surface area (Å²) in [6, 6.07) is 33.9. The Kier molecular flexibility index (Phi) is 11.2. The first kappa shape index (κ1) is 28.4. The van der Waals surface area contributed by atoms with Crippen LogP contribution in [0.4, 0.5) is 5.69 Å². The van der Waals surface area contributed by atoms with Crippen molar-refractivity contribution in [1.82, 2.24) is 4.90 Å². The Balaban J connectivity index is 0.00000380. The molecule has 0 amide bonds. The van der Waals surface area contributed by atoms with E-state index in [-0.39, 0.29) is 24.0 Å². The maximum absolute atomic E-state index is 5.92. The van der Waals surface area contributed by atoms with Gasteiger partial charge in [0, 0.05) is 13.1 Å². The van der Waals surface area contributed by atoms with Gasteiger partial charge in [0.15, 0.2) is 5.17 Å². The molecule has 0 aliphatic carbocycles. The summed E-state index contributed by atoms with van der Waals surface area (Å²) in [5.41, 5.74) is 3.23. The maximum atomic E-state index is 5.92. The Morgan fingerprint density at radius 2 is 1.11 bits per heavy atom. The normalized spacial score (nSPS) is 10.8. The summed E-state index contributed by atoms with van der Waals surface area (Å²) in [4.78, 5) is 7.27. The standard InChI is InChI=1S/C30H30N2O3S.HI/c1-33-26-15-9-23(10-16-26)21-32(22-24-11-17-27(34-2)18-12-24)30(36-3)31-25-13-19-29(20-14-25)35-28-7-5-4-6-8-28;/h4-20H,21-22H2,1-3H3;1H. The van der Waals surface area contributed by atoms with E-state index in [9.17, 15) is 0 Å². The number of rotatable bonds is 9. The lowest BCUT2D eigenvalue weighted by Gasteiger charge is -2.26. The van der Waals surface area contributed by atoms with Gasteiger partial charge in [0.2, 0.25) is 0 Å². The SMILES string of the molecule is COc1ccc(CN(Cc2ccc(OC)cc2)C(=Nc2ccc(Oc3ccccc3)cc2)SC)cc1.I. The first-order chi connectivity index (χ1) is 17.7. The van der Waals surface area contributed by atoms with E-state index in [4.69, 9.17) is 19.2 Å². The van der Waals surface area contributed by atoms with E-state index in [1.807, 2.05) is 78.9 Å². The first-order valence-corrected chi connectivity index (χ1v) is 12.9. The molecule has 0 fully saturated rings. The van der Waals surface area contributed by atoms with Gasteiger partial charge in [-0.2, -0.15) is 0 Å². The topological polar surface area (TPSA) is 43.3 Å². The van der Waals surface area contributed by atoms with Crippen LogP contribution in [0.1, 0.15) is 11.1 Å². The second-order valence-electron chi connectivity index (χ2n) is 8.06. The van der Waals surface area contributed by atoms with Gasteiger partial charge in [0.05, 0.1) is 19.9 Å². The second-order valence-corrected chi connectivity index (χ2v) is 8.83. The highest BCUT2D eigenvalue weighted by atomic mass is 127. The second kappa shape index (κ2) is 14.5. The largest absolute Gasteiger partial charge is 0.497 e. The fourth-order valence-corrected chi connectivity index (χ4v) is 4.25. The summed E-state index contributed by atoms with van der Waals surface area (Å²) in [5, 5.41) is 0.929. The van der Waals surface area contributed by atoms with Crippen molar-refractivity contribution in [2.75, 3.05) is 20.5 Å². The smallest absolute Gasteiger partial charge is 0.164 e. The molecule has 0 radical (unpaired) electrons. The monoisotopic (exact) mass is 626 g/mol. The van der Waals surface area contributed by atoms with Gasteiger partial charge < -0.3 is 19.1 Å². The lowest BCUT2D eigenvalue weighted by molar-refractivity contribution is 0.405. The Morgan fingerprint density at radius 3 is 1.57 bits per heavy atom. The van der Waals surface area contributed by atoms with Crippen molar-refractivity contribution in [2.45, 2.75) is 13.1 Å². The molecule has 0 N–H and O–H groups in total. The van der Waals surface area contributed by atoms with Crippen LogP contribution in [-0.4, -0.2) is 30.5 Å². The molecule has 0 aliphatic rings. The van der Waals surface area contributed by atoms with Gasteiger partial charge in [0.1, 0.15) is 23.0 Å². The molecule has 0 saturated heterocycles. The van der Waals surface area contributed by atoms with E-state index in [2.05, 4.69) is 35.4 Å². The van der Waals surface area contributed by atoms with Gasteiger partial charge in [-0.05, 0) is 78.0 Å². The van der Waals surface area contributed by atoms with Crippen molar-refractivity contribution in [2.24, 2.45) is 4.99 Å². The van der Waals surface area contributed by atoms with E-state index in [1.54, 1.807) is 26.0 Å². The third-order valence-electron chi connectivity index (χ3n) is 5.56. The summed E-state index contributed by atoms with van der Waals surface area (Å²) < 4.78 is 16.6. The molecule has 37 heavy (non-hydrogen) atoms. The molecule has 4 rings (SSSR count). The van der Waals surface area contributed by atoms with Crippen LogP contribution in [0.2, 0.25) is 0 Å². The van der Waals surface area contributed by atoms with Gasteiger partial charge in [0.25, 0.3) is 0 Å². The van der Waals surface area contributed by atoms with Crippen molar-refractivity contribution in [3.63, 3.8) is 0 Å². The average Bonchev–Trinajstić information content (AvgIpc) is 2.93. The minimum Gasteiger partial charge on any atom is -0.497 e. The van der Waals surface area contributed by atoms with Crippen LogP contribution in [0.3, 0.4) is 0 Å². The summed E-state index contributed by atoms with van der Waals surface area (Å²) in [7, 11) is 3.36. The number of aliphatic imine (C=N–C) groups is 1. The molecule has 4 aromatic rings. The third-order valence-corrected chi connectivity index (χ3v) is 6.27. The summed E-state index contributed by atoms with van der Waals surface area (Å²) in [6.07, 6.45) is 2.06. The molecule has 0 heterocycles. The highest BCUT2D eigenvalue weighted by Gasteiger charge is 2.13. The number of amidine groups is 1. The molecule has 0 unspecified atom stereocenters. The molecular weight excluding hydrogens is 595 g/mol. The highest BCUT2D eigenvalue weighted by Crippen LogP contribution is 2.26. The lowest BCUT2D eigenvalue weighted by atomic mass is 10.1. The van der Waals surface area contributed by atoms with Gasteiger partial charge >= 0.3 is 0 Å². The van der Waals surface area contributed by atoms with Gasteiger partial charge in [-0.1, -0.05) is 54.2 Å². The van der Waals surface area contributed by atoms with Gasteiger partial charge in [-0.3, -0.25) is 0 Å². The molecule has 0 aliphatic heterocycles. The fraction of sp³-hybridized carbons (Fsp3) is 0.167. The van der Waals surface area contributed by atoms with Crippen molar-refractivity contribution < 1.29 is 14.2 Å². The summed E-state index contributed by atoms with van der Waals surface area (Å²) in [6.45, 7) is 1.43. The molecule has 192 valence electrons. The zero-order valence-corrected chi connectivity index (χ0v) is 24.3. The highest BCUT2D eigenvalue weighted by molar-refractivity contribution is 14.0. The quantitative estimate of drug-likeness (QED) is 0.107. The molecule has 4 aromatic carbocycles. The van der Waals surface area contributed by atoms with Crippen LogP contribution in [0.25, 0.3) is 0 Å². The number of nitrogens with zero attached hydrogens (tertiary/aromatic N) is 2. The Labute approximate surface area is 240 Å². The van der Waals surface area contributed by atoms with Crippen LogP contribution < -0.4 is 14.2 Å².